The van der Waals surface area contributed by atoms with Crippen molar-refractivity contribution in [1.29, 1.82) is 0 Å². The average Bonchev–Trinajstić information content (AvgIpc) is 2.35. The van der Waals surface area contributed by atoms with E-state index in [4.69, 9.17) is 0 Å². The number of benzene rings is 1. The van der Waals surface area contributed by atoms with Crippen LogP contribution in [0.25, 0.3) is 0 Å². The molecule has 5 heteroatoms. The summed E-state index contributed by atoms with van der Waals surface area (Å²) >= 11 is 0. The van der Waals surface area contributed by atoms with Gasteiger partial charge in [-0.05, 0) is 17.5 Å². The molecule has 5 nitrogen and oxygen atoms in total. The normalized spacial score (nSPS) is 10.7. The molecule has 0 atom stereocenters. The number of hydrogen-bond donors (Lipinski definition) is 2. The number of carbonyl (C=O) groups is 2. The molecule has 0 aliphatic rings. The molecule has 0 heterocycles. The Bertz CT molecular complexity index is 464. The molecule has 0 aliphatic carbocycles. The number of nitrogens with one attached hydrogen (secondary N) is 2. The Morgan fingerprint density at radius 2 is 1.84 bits per heavy atom. The highest BCUT2D eigenvalue weighted by atomic mass is 16.5. The van der Waals surface area contributed by atoms with Gasteiger partial charge in [0.2, 0.25) is 0 Å². The van der Waals surface area contributed by atoms with Crippen molar-refractivity contribution < 1.29 is 14.3 Å². The van der Waals surface area contributed by atoms with Gasteiger partial charge in [0, 0.05) is 6.54 Å². The molecular weight excluding hydrogens is 244 g/mol. The fraction of sp³-hybridized carbons (Fsp3) is 0.429. The molecule has 0 unspecified atom stereocenters. The predicted octanol–water partition coefficient (Wildman–Crippen LogP) is 2.64. The zero-order valence-corrected chi connectivity index (χ0v) is 11.7. The Morgan fingerprint density at radius 3 is 2.42 bits per heavy atom. The molecule has 0 spiro atoms. The molecule has 2 amide bonds. The summed E-state index contributed by atoms with van der Waals surface area (Å²) in [7, 11) is 1.30. The second kappa shape index (κ2) is 6.22. The van der Waals surface area contributed by atoms with Gasteiger partial charge in [-0.25, -0.2) is 9.59 Å². The number of amides is 2. The smallest absolute Gasteiger partial charge is 0.339 e. The summed E-state index contributed by atoms with van der Waals surface area (Å²) in [4.78, 5) is 23.3. The van der Waals surface area contributed by atoms with E-state index in [2.05, 4.69) is 15.4 Å². The lowest BCUT2D eigenvalue weighted by Gasteiger charge is -2.19. The monoisotopic (exact) mass is 264 g/mol. The lowest BCUT2D eigenvalue weighted by atomic mass is 9.97. The average molecular weight is 264 g/mol. The van der Waals surface area contributed by atoms with E-state index in [0.29, 0.717) is 17.8 Å². The van der Waals surface area contributed by atoms with E-state index in [1.54, 1.807) is 24.3 Å². The van der Waals surface area contributed by atoms with Gasteiger partial charge in [0.25, 0.3) is 0 Å². The molecule has 1 aromatic rings. The molecular formula is C14H20N2O3. The summed E-state index contributed by atoms with van der Waals surface area (Å²) in [6.07, 6.45) is 0. The highest BCUT2D eigenvalue weighted by Gasteiger charge is 2.15. The third kappa shape index (κ3) is 4.99. The summed E-state index contributed by atoms with van der Waals surface area (Å²) in [5, 5.41) is 5.40. The van der Waals surface area contributed by atoms with E-state index in [1.165, 1.54) is 7.11 Å². The maximum atomic E-state index is 11.7. The van der Waals surface area contributed by atoms with Crippen molar-refractivity contribution in [3.8, 4) is 0 Å². The number of para-hydroxylation sites is 1. The zero-order chi connectivity index (χ0) is 14.5. The van der Waals surface area contributed by atoms with Crippen LogP contribution in [-0.2, 0) is 4.74 Å². The van der Waals surface area contributed by atoms with Crippen LogP contribution in [0.5, 0.6) is 0 Å². The second-order valence-corrected chi connectivity index (χ2v) is 5.41. The van der Waals surface area contributed by atoms with Gasteiger partial charge in [0.1, 0.15) is 0 Å². The van der Waals surface area contributed by atoms with Crippen LogP contribution in [0.15, 0.2) is 24.3 Å². The Kier molecular flexibility index (Phi) is 4.92. The first kappa shape index (κ1) is 15.0. The van der Waals surface area contributed by atoms with Crippen LogP contribution in [0.1, 0.15) is 31.1 Å². The van der Waals surface area contributed by atoms with E-state index in [9.17, 15) is 9.59 Å². The van der Waals surface area contributed by atoms with Crippen molar-refractivity contribution in [3.63, 3.8) is 0 Å². The quantitative estimate of drug-likeness (QED) is 0.825. The van der Waals surface area contributed by atoms with Crippen LogP contribution < -0.4 is 10.6 Å². The van der Waals surface area contributed by atoms with E-state index >= 15 is 0 Å². The Balaban J connectivity index is 2.72. The van der Waals surface area contributed by atoms with Crippen molar-refractivity contribution in [2.24, 2.45) is 5.41 Å². The maximum Gasteiger partial charge on any atom is 0.339 e. The van der Waals surface area contributed by atoms with Crippen LogP contribution in [0.3, 0.4) is 0 Å². The predicted molar refractivity (Wildman–Crippen MR) is 74.3 cm³/mol. The molecule has 1 aromatic carbocycles. The van der Waals surface area contributed by atoms with Gasteiger partial charge in [-0.2, -0.15) is 0 Å². The summed E-state index contributed by atoms with van der Waals surface area (Å²) in [6.45, 7) is 6.61. The summed E-state index contributed by atoms with van der Waals surface area (Å²) in [5.41, 5.74) is 0.760. The third-order valence-corrected chi connectivity index (χ3v) is 2.36. The number of methoxy groups -OCH3 is 1. The first-order chi connectivity index (χ1) is 8.83. The molecule has 0 bridgehead atoms. The van der Waals surface area contributed by atoms with Gasteiger partial charge in [0.05, 0.1) is 18.4 Å². The minimum atomic E-state index is -0.480. The highest BCUT2D eigenvalue weighted by Crippen LogP contribution is 2.16. The fourth-order valence-corrected chi connectivity index (χ4v) is 1.39. The minimum absolute atomic E-state index is 0.000787. The Morgan fingerprint density at radius 1 is 1.21 bits per heavy atom. The summed E-state index contributed by atoms with van der Waals surface area (Å²) < 4.78 is 4.66. The molecule has 0 fully saturated rings. The topological polar surface area (TPSA) is 67.4 Å². The van der Waals surface area contributed by atoms with Crippen LogP contribution >= 0.6 is 0 Å². The number of esters is 1. The largest absolute Gasteiger partial charge is 0.465 e. The number of carbonyl (C=O) groups excluding carboxylic acids is 2. The molecule has 19 heavy (non-hydrogen) atoms. The van der Waals surface area contributed by atoms with Crippen LogP contribution in [0, 0.1) is 5.41 Å². The highest BCUT2D eigenvalue weighted by molar-refractivity contribution is 6.00. The zero-order valence-electron chi connectivity index (χ0n) is 11.7. The van der Waals surface area contributed by atoms with E-state index in [1.807, 2.05) is 20.8 Å². The standard InChI is InChI=1S/C14H20N2O3/c1-14(2,3)9-15-13(18)16-11-8-6-5-7-10(11)12(17)19-4/h5-8H,9H2,1-4H3,(H2,15,16,18). The van der Waals surface area contributed by atoms with Crippen LogP contribution in [0.2, 0.25) is 0 Å². The molecule has 0 aromatic heterocycles. The summed E-state index contributed by atoms with van der Waals surface area (Å²) in [5.74, 6) is -0.480. The van der Waals surface area contributed by atoms with Crippen molar-refractivity contribution >= 4 is 17.7 Å². The lowest BCUT2D eigenvalue weighted by Crippen LogP contribution is -2.35. The van der Waals surface area contributed by atoms with Gasteiger partial charge < -0.3 is 15.4 Å². The van der Waals surface area contributed by atoms with Gasteiger partial charge >= 0.3 is 12.0 Å². The van der Waals surface area contributed by atoms with Gasteiger partial charge in [-0.1, -0.05) is 32.9 Å². The number of hydrogen-bond acceptors (Lipinski definition) is 3. The molecule has 104 valence electrons. The Labute approximate surface area is 113 Å². The van der Waals surface area contributed by atoms with Gasteiger partial charge in [-0.15, -0.1) is 0 Å². The molecule has 0 saturated heterocycles. The molecule has 0 saturated carbocycles. The number of anilines is 1. The molecule has 0 aliphatic heterocycles. The molecule has 1 rings (SSSR count). The van der Waals surface area contributed by atoms with E-state index < -0.39 is 5.97 Å². The fourth-order valence-electron chi connectivity index (χ4n) is 1.39. The third-order valence-electron chi connectivity index (χ3n) is 2.36. The van der Waals surface area contributed by atoms with E-state index in [0.717, 1.165) is 0 Å². The van der Waals surface area contributed by atoms with Gasteiger partial charge in [-0.3, -0.25) is 0 Å². The van der Waals surface area contributed by atoms with Crippen molar-refractivity contribution in [1.82, 2.24) is 5.32 Å². The first-order valence-electron chi connectivity index (χ1n) is 6.06. The van der Waals surface area contributed by atoms with Crippen molar-refractivity contribution in [2.75, 3.05) is 19.0 Å². The van der Waals surface area contributed by atoms with Crippen LogP contribution in [0.4, 0.5) is 10.5 Å². The number of ether oxygens (including phenoxy) is 1. The maximum absolute atomic E-state index is 11.7. The van der Waals surface area contributed by atoms with Crippen molar-refractivity contribution in [3.05, 3.63) is 29.8 Å². The first-order valence-corrected chi connectivity index (χ1v) is 6.06. The van der Waals surface area contributed by atoms with E-state index in [-0.39, 0.29) is 11.4 Å². The van der Waals surface area contributed by atoms with Crippen LogP contribution in [-0.4, -0.2) is 25.7 Å². The number of rotatable bonds is 3. The lowest BCUT2D eigenvalue weighted by molar-refractivity contribution is 0.0602. The Hall–Kier alpha value is -2.04. The number of urea groups is 1. The SMILES string of the molecule is COC(=O)c1ccccc1NC(=O)NCC(C)(C)C. The second-order valence-electron chi connectivity index (χ2n) is 5.41. The molecule has 0 radical (unpaired) electrons. The summed E-state index contributed by atoms with van der Waals surface area (Å²) in [6, 6.07) is 6.37. The molecule has 2 N–H and O–H groups in total. The minimum Gasteiger partial charge on any atom is -0.465 e. The van der Waals surface area contributed by atoms with Gasteiger partial charge in [0.15, 0.2) is 0 Å². The van der Waals surface area contributed by atoms with Crippen molar-refractivity contribution in [2.45, 2.75) is 20.8 Å².